The molecule has 0 bridgehead atoms. The number of benzene rings is 2. The highest BCUT2D eigenvalue weighted by molar-refractivity contribution is 6.22. The van der Waals surface area contributed by atoms with Gasteiger partial charge >= 0.3 is 0 Å². The van der Waals surface area contributed by atoms with Crippen LogP contribution in [-0.4, -0.2) is 14.2 Å². The van der Waals surface area contributed by atoms with Gasteiger partial charge in [0, 0.05) is 11.6 Å². The maximum absolute atomic E-state index is 6.49. The lowest BCUT2D eigenvalue weighted by molar-refractivity contribution is 0.391. The van der Waals surface area contributed by atoms with Crippen molar-refractivity contribution in [2.45, 2.75) is 5.38 Å². The van der Waals surface area contributed by atoms with Crippen molar-refractivity contribution < 1.29 is 9.47 Å². The highest BCUT2D eigenvalue weighted by Crippen LogP contribution is 2.36. The molecule has 2 nitrogen and oxygen atoms in total. The second-order valence-electron chi connectivity index (χ2n) is 3.88. The van der Waals surface area contributed by atoms with Crippen molar-refractivity contribution in [2.24, 2.45) is 0 Å². The van der Waals surface area contributed by atoms with Gasteiger partial charge in [-0.25, -0.2) is 0 Å². The molecule has 0 saturated carbocycles. The number of rotatable bonds is 4. The third-order valence-corrected chi connectivity index (χ3v) is 3.29. The predicted molar refractivity (Wildman–Crippen MR) is 73.7 cm³/mol. The van der Waals surface area contributed by atoms with E-state index in [2.05, 4.69) is 0 Å². The number of ether oxygens (including phenoxy) is 2. The van der Waals surface area contributed by atoms with Crippen molar-refractivity contribution in [3.8, 4) is 11.5 Å². The number of hydrogen-bond donors (Lipinski definition) is 0. The fourth-order valence-corrected chi connectivity index (χ4v) is 2.16. The molecule has 0 aliphatic carbocycles. The van der Waals surface area contributed by atoms with Crippen molar-refractivity contribution in [3.63, 3.8) is 0 Å². The van der Waals surface area contributed by atoms with Crippen LogP contribution in [0.5, 0.6) is 11.5 Å². The maximum Gasteiger partial charge on any atom is 0.127 e. The lowest BCUT2D eigenvalue weighted by atomic mass is 10.0. The number of hydrogen-bond acceptors (Lipinski definition) is 2. The van der Waals surface area contributed by atoms with Gasteiger partial charge in [0.15, 0.2) is 0 Å². The highest BCUT2D eigenvalue weighted by atomic mass is 35.5. The molecule has 0 radical (unpaired) electrons. The molecule has 0 aromatic heterocycles. The minimum atomic E-state index is -0.230. The number of halogens is 1. The summed E-state index contributed by atoms with van der Waals surface area (Å²) < 4.78 is 10.5. The molecule has 1 atom stereocenters. The summed E-state index contributed by atoms with van der Waals surface area (Å²) in [4.78, 5) is 0. The largest absolute Gasteiger partial charge is 0.497 e. The van der Waals surface area contributed by atoms with Crippen LogP contribution in [0, 0.1) is 0 Å². The van der Waals surface area contributed by atoms with E-state index >= 15 is 0 Å². The zero-order valence-corrected chi connectivity index (χ0v) is 11.1. The zero-order valence-electron chi connectivity index (χ0n) is 10.4. The highest BCUT2D eigenvalue weighted by Gasteiger charge is 2.15. The van der Waals surface area contributed by atoms with E-state index in [9.17, 15) is 0 Å². The molecule has 2 aromatic carbocycles. The SMILES string of the molecule is COc1ccc(C(Cl)c2ccccc2)c(OC)c1. The predicted octanol–water partition coefficient (Wildman–Crippen LogP) is 4.03. The molecule has 0 spiro atoms. The molecule has 18 heavy (non-hydrogen) atoms. The Kier molecular flexibility index (Phi) is 4.11. The summed E-state index contributed by atoms with van der Waals surface area (Å²) in [5.41, 5.74) is 1.98. The Morgan fingerprint density at radius 3 is 2.28 bits per heavy atom. The average Bonchev–Trinajstić information content (AvgIpc) is 2.46. The van der Waals surface area contributed by atoms with Crippen LogP contribution < -0.4 is 9.47 Å². The second kappa shape index (κ2) is 5.78. The quantitative estimate of drug-likeness (QED) is 0.775. The Morgan fingerprint density at radius 1 is 0.944 bits per heavy atom. The van der Waals surface area contributed by atoms with E-state index in [0.29, 0.717) is 0 Å². The van der Waals surface area contributed by atoms with Crippen molar-refractivity contribution in [1.29, 1.82) is 0 Å². The normalized spacial score (nSPS) is 11.9. The van der Waals surface area contributed by atoms with Gasteiger partial charge in [0.25, 0.3) is 0 Å². The molecule has 0 aliphatic heterocycles. The van der Waals surface area contributed by atoms with E-state index in [1.165, 1.54) is 0 Å². The van der Waals surface area contributed by atoms with Gasteiger partial charge in [-0.15, -0.1) is 11.6 Å². The Morgan fingerprint density at radius 2 is 1.67 bits per heavy atom. The average molecular weight is 263 g/mol. The van der Waals surface area contributed by atoms with E-state index in [4.69, 9.17) is 21.1 Å². The summed E-state index contributed by atoms with van der Waals surface area (Å²) in [5, 5.41) is -0.230. The Labute approximate surface area is 112 Å². The fraction of sp³-hybridized carbons (Fsp3) is 0.200. The van der Waals surface area contributed by atoms with Gasteiger partial charge in [-0.3, -0.25) is 0 Å². The van der Waals surface area contributed by atoms with Gasteiger partial charge in [-0.2, -0.15) is 0 Å². The van der Waals surface area contributed by atoms with Crippen LogP contribution in [0.3, 0.4) is 0 Å². The van der Waals surface area contributed by atoms with E-state index < -0.39 is 0 Å². The molecule has 0 N–H and O–H groups in total. The van der Waals surface area contributed by atoms with Crippen molar-refractivity contribution in [1.82, 2.24) is 0 Å². The third kappa shape index (κ3) is 2.59. The molecular weight excluding hydrogens is 248 g/mol. The smallest absolute Gasteiger partial charge is 0.127 e. The van der Waals surface area contributed by atoms with Crippen molar-refractivity contribution in [3.05, 3.63) is 59.7 Å². The number of methoxy groups -OCH3 is 2. The van der Waals surface area contributed by atoms with Crippen LogP contribution in [0.1, 0.15) is 16.5 Å². The van der Waals surface area contributed by atoms with Gasteiger partial charge in [0.05, 0.1) is 19.6 Å². The molecule has 0 fully saturated rings. The topological polar surface area (TPSA) is 18.5 Å². The molecule has 94 valence electrons. The molecule has 2 aromatic rings. The Balaban J connectivity index is 2.38. The Bertz CT molecular complexity index is 511. The second-order valence-corrected chi connectivity index (χ2v) is 4.32. The summed E-state index contributed by atoms with van der Waals surface area (Å²) in [7, 11) is 3.26. The third-order valence-electron chi connectivity index (χ3n) is 2.81. The molecule has 0 heterocycles. The van der Waals surface area contributed by atoms with Gasteiger partial charge in [0.2, 0.25) is 0 Å². The summed E-state index contributed by atoms with van der Waals surface area (Å²) in [5.74, 6) is 1.49. The van der Waals surface area contributed by atoms with Crippen LogP contribution in [-0.2, 0) is 0 Å². The van der Waals surface area contributed by atoms with Crippen LogP contribution in [0.25, 0.3) is 0 Å². The van der Waals surface area contributed by atoms with Gasteiger partial charge in [-0.05, 0) is 17.7 Å². The number of alkyl halides is 1. The lowest BCUT2D eigenvalue weighted by Gasteiger charge is -2.15. The summed E-state index contributed by atoms with van der Waals surface area (Å²) >= 11 is 6.49. The van der Waals surface area contributed by atoms with Crippen LogP contribution in [0.2, 0.25) is 0 Å². The first kappa shape index (κ1) is 12.8. The minimum absolute atomic E-state index is 0.230. The van der Waals surface area contributed by atoms with Gasteiger partial charge in [-0.1, -0.05) is 30.3 Å². The van der Waals surface area contributed by atoms with E-state index in [1.807, 2.05) is 48.5 Å². The Hall–Kier alpha value is -1.67. The summed E-state index contributed by atoms with van der Waals surface area (Å²) in [6.45, 7) is 0. The van der Waals surface area contributed by atoms with E-state index in [1.54, 1.807) is 14.2 Å². The molecule has 0 saturated heterocycles. The van der Waals surface area contributed by atoms with Crippen LogP contribution >= 0.6 is 11.6 Å². The minimum Gasteiger partial charge on any atom is -0.497 e. The monoisotopic (exact) mass is 262 g/mol. The molecule has 0 amide bonds. The lowest BCUT2D eigenvalue weighted by Crippen LogP contribution is -1.98. The first-order valence-corrected chi connectivity index (χ1v) is 6.11. The molecule has 3 heteroatoms. The van der Waals surface area contributed by atoms with Gasteiger partial charge < -0.3 is 9.47 Å². The summed E-state index contributed by atoms with van der Waals surface area (Å²) in [6, 6.07) is 15.6. The van der Waals surface area contributed by atoms with Crippen molar-refractivity contribution >= 4 is 11.6 Å². The molecule has 0 aliphatic rings. The van der Waals surface area contributed by atoms with Crippen molar-refractivity contribution in [2.75, 3.05) is 14.2 Å². The maximum atomic E-state index is 6.49. The summed E-state index contributed by atoms with van der Waals surface area (Å²) in [6.07, 6.45) is 0. The molecular formula is C15H15ClO2. The first-order chi connectivity index (χ1) is 8.76. The molecule has 1 unspecified atom stereocenters. The zero-order chi connectivity index (χ0) is 13.0. The standard InChI is InChI=1S/C15H15ClO2/c1-17-12-8-9-13(14(10-12)18-2)15(16)11-6-4-3-5-7-11/h3-10,15H,1-2H3. The molecule has 2 rings (SSSR count). The van der Waals surface area contributed by atoms with E-state index in [-0.39, 0.29) is 5.38 Å². The van der Waals surface area contributed by atoms with Gasteiger partial charge in [0.1, 0.15) is 11.5 Å². The first-order valence-electron chi connectivity index (χ1n) is 5.67. The van der Waals surface area contributed by atoms with Crippen LogP contribution in [0.15, 0.2) is 48.5 Å². The fourth-order valence-electron chi connectivity index (χ4n) is 1.83. The van der Waals surface area contributed by atoms with E-state index in [0.717, 1.165) is 22.6 Å². The van der Waals surface area contributed by atoms with Crippen LogP contribution in [0.4, 0.5) is 0 Å².